The van der Waals surface area contributed by atoms with Crippen LogP contribution in [0.3, 0.4) is 0 Å². The molecule has 1 aliphatic carbocycles. The fraction of sp³-hybridized carbons (Fsp3) is 0.562. The summed E-state index contributed by atoms with van der Waals surface area (Å²) in [4.78, 5) is 10.5. The van der Waals surface area contributed by atoms with Gasteiger partial charge in [-0.3, -0.25) is 4.79 Å². The number of hydrogen-bond donors (Lipinski definition) is 2. The van der Waals surface area contributed by atoms with Crippen LogP contribution < -0.4 is 5.32 Å². The molecular formula is C16H22FNO2. The molecule has 4 heteroatoms. The van der Waals surface area contributed by atoms with Gasteiger partial charge in [-0.15, -0.1) is 0 Å². The normalized spacial score (nSPS) is 17.2. The average Bonchev–Trinajstić information content (AvgIpc) is 2.89. The van der Waals surface area contributed by atoms with Crippen molar-refractivity contribution in [2.75, 3.05) is 6.54 Å². The van der Waals surface area contributed by atoms with Crippen molar-refractivity contribution >= 4 is 5.97 Å². The van der Waals surface area contributed by atoms with E-state index in [4.69, 9.17) is 5.11 Å². The minimum atomic E-state index is -0.737. The first kappa shape index (κ1) is 15.0. The molecule has 1 fully saturated rings. The minimum absolute atomic E-state index is 0.0447. The lowest BCUT2D eigenvalue weighted by Crippen LogP contribution is -2.40. The fourth-order valence-electron chi connectivity index (χ4n) is 3.04. The molecule has 0 atom stereocenters. The lowest BCUT2D eigenvalue weighted by molar-refractivity contribution is -0.137. The van der Waals surface area contributed by atoms with Gasteiger partial charge in [0.1, 0.15) is 5.82 Å². The molecule has 0 heterocycles. The molecule has 1 aliphatic rings. The van der Waals surface area contributed by atoms with E-state index in [2.05, 4.69) is 5.32 Å². The van der Waals surface area contributed by atoms with Gasteiger partial charge in [0.15, 0.2) is 0 Å². The van der Waals surface area contributed by atoms with E-state index in [1.54, 1.807) is 0 Å². The molecule has 0 saturated heterocycles. The highest BCUT2D eigenvalue weighted by Crippen LogP contribution is 2.38. The minimum Gasteiger partial charge on any atom is -0.481 e. The van der Waals surface area contributed by atoms with Gasteiger partial charge in [0.25, 0.3) is 0 Å². The molecule has 0 unspecified atom stereocenters. The Labute approximate surface area is 119 Å². The van der Waals surface area contributed by atoms with E-state index in [0.717, 1.165) is 31.4 Å². The van der Waals surface area contributed by atoms with Crippen LogP contribution in [0.5, 0.6) is 0 Å². The number of carboxylic acid groups (broad SMARTS) is 1. The molecule has 1 aromatic carbocycles. The van der Waals surface area contributed by atoms with Crippen molar-refractivity contribution < 1.29 is 14.3 Å². The highest BCUT2D eigenvalue weighted by atomic mass is 19.1. The number of unbranched alkanes of at least 4 members (excludes halogenated alkanes) is 1. The smallest absolute Gasteiger partial charge is 0.303 e. The number of halogens is 1. The summed E-state index contributed by atoms with van der Waals surface area (Å²) >= 11 is 0. The molecule has 0 spiro atoms. The van der Waals surface area contributed by atoms with Gasteiger partial charge in [0.2, 0.25) is 0 Å². The Morgan fingerprint density at radius 3 is 2.45 bits per heavy atom. The molecule has 0 amide bonds. The molecule has 2 N–H and O–H groups in total. The summed E-state index contributed by atoms with van der Waals surface area (Å²) in [7, 11) is 0. The number of hydrogen-bond acceptors (Lipinski definition) is 2. The van der Waals surface area contributed by atoms with Crippen molar-refractivity contribution in [3.8, 4) is 0 Å². The highest BCUT2D eigenvalue weighted by molar-refractivity contribution is 5.66. The van der Waals surface area contributed by atoms with Gasteiger partial charge in [0.05, 0.1) is 0 Å². The number of carbonyl (C=O) groups is 1. The largest absolute Gasteiger partial charge is 0.481 e. The second-order valence-electron chi connectivity index (χ2n) is 5.57. The first-order valence-electron chi connectivity index (χ1n) is 7.35. The van der Waals surface area contributed by atoms with Gasteiger partial charge < -0.3 is 10.4 Å². The summed E-state index contributed by atoms with van der Waals surface area (Å²) in [6.45, 7) is 0.810. The first-order chi connectivity index (χ1) is 9.62. The van der Waals surface area contributed by atoms with E-state index in [1.807, 2.05) is 12.1 Å². The summed E-state index contributed by atoms with van der Waals surface area (Å²) < 4.78 is 13.1. The topological polar surface area (TPSA) is 49.3 Å². The predicted octanol–water partition coefficient (Wildman–Crippen LogP) is 3.44. The van der Waals surface area contributed by atoms with Crippen molar-refractivity contribution in [3.63, 3.8) is 0 Å². The van der Waals surface area contributed by atoms with Crippen LogP contribution in [0.15, 0.2) is 24.3 Å². The second-order valence-corrected chi connectivity index (χ2v) is 5.57. The summed E-state index contributed by atoms with van der Waals surface area (Å²) in [5, 5.41) is 12.2. The quantitative estimate of drug-likeness (QED) is 0.752. The third-order valence-electron chi connectivity index (χ3n) is 4.13. The number of benzene rings is 1. The molecule has 0 bridgehead atoms. The molecule has 0 aliphatic heterocycles. The third kappa shape index (κ3) is 3.79. The molecular weight excluding hydrogens is 257 g/mol. The van der Waals surface area contributed by atoms with Crippen LogP contribution in [0.4, 0.5) is 4.39 Å². The van der Waals surface area contributed by atoms with Crippen LogP contribution in [0.25, 0.3) is 0 Å². The summed E-state index contributed by atoms with van der Waals surface area (Å²) in [5.41, 5.74) is 1.10. The van der Waals surface area contributed by atoms with Crippen molar-refractivity contribution in [2.45, 2.75) is 50.5 Å². The SMILES string of the molecule is O=C(O)CCCCNC1(c2ccc(F)cc2)CCCC1. The van der Waals surface area contributed by atoms with Crippen molar-refractivity contribution in [1.29, 1.82) is 0 Å². The standard InChI is InChI=1S/C16H22FNO2/c17-14-8-6-13(7-9-14)16(10-2-3-11-16)18-12-4-1-5-15(19)20/h6-9,18H,1-5,10-12H2,(H,19,20). The Balaban J connectivity index is 1.92. The Bertz CT molecular complexity index is 438. The maximum Gasteiger partial charge on any atom is 0.303 e. The Hall–Kier alpha value is -1.42. The first-order valence-corrected chi connectivity index (χ1v) is 7.35. The summed E-state index contributed by atoms with van der Waals surface area (Å²) in [6.07, 6.45) is 6.27. The van der Waals surface area contributed by atoms with E-state index in [1.165, 1.54) is 25.0 Å². The van der Waals surface area contributed by atoms with Gasteiger partial charge in [-0.1, -0.05) is 25.0 Å². The number of aliphatic carboxylic acids is 1. The number of nitrogens with one attached hydrogen (secondary N) is 1. The van der Waals surface area contributed by atoms with Crippen LogP contribution >= 0.6 is 0 Å². The summed E-state index contributed by atoms with van der Waals surface area (Å²) in [6, 6.07) is 6.76. The van der Waals surface area contributed by atoms with Crippen LogP contribution in [-0.2, 0) is 10.3 Å². The Morgan fingerprint density at radius 1 is 1.20 bits per heavy atom. The Kier molecular flexibility index (Phi) is 5.12. The lowest BCUT2D eigenvalue weighted by Gasteiger charge is -2.31. The molecule has 0 aromatic heterocycles. The number of carboxylic acids is 1. The van der Waals surface area contributed by atoms with Gasteiger partial charge in [-0.2, -0.15) is 0 Å². The van der Waals surface area contributed by atoms with E-state index in [-0.39, 0.29) is 17.8 Å². The zero-order valence-corrected chi connectivity index (χ0v) is 11.7. The van der Waals surface area contributed by atoms with Gasteiger partial charge in [-0.05, 0) is 49.9 Å². The van der Waals surface area contributed by atoms with E-state index in [9.17, 15) is 9.18 Å². The third-order valence-corrected chi connectivity index (χ3v) is 4.13. The van der Waals surface area contributed by atoms with E-state index >= 15 is 0 Å². The van der Waals surface area contributed by atoms with Crippen LogP contribution in [0, 0.1) is 5.82 Å². The van der Waals surface area contributed by atoms with Crippen molar-refractivity contribution in [1.82, 2.24) is 5.32 Å². The van der Waals surface area contributed by atoms with Crippen molar-refractivity contribution in [3.05, 3.63) is 35.6 Å². The van der Waals surface area contributed by atoms with Crippen molar-refractivity contribution in [2.24, 2.45) is 0 Å². The second kappa shape index (κ2) is 6.84. The van der Waals surface area contributed by atoms with Crippen LogP contribution in [0.1, 0.15) is 50.5 Å². The molecule has 1 saturated carbocycles. The Morgan fingerprint density at radius 2 is 1.85 bits per heavy atom. The van der Waals surface area contributed by atoms with Crippen LogP contribution in [0.2, 0.25) is 0 Å². The zero-order valence-electron chi connectivity index (χ0n) is 11.7. The lowest BCUT2D eigenvalue weighted by atomic mass is 9.88. The highest BCUT2D eigenvalue weighted by Gasteiger charge is 2.34. The molecule has 0 radical (unpaired) electrons. The maximum atomic E-state index is 13.1. The number of rotatable bonds is 7. The van der Waals surface area contributed by atoms with Crippen LogP contribution in [-0.4, -0.2) is 17.6 Å². The molecule has 1 aromatic rings. The zero-order chi connectivity index (χ0) is 14.4. The maximum absolute atomic E-state index is 13.1. The van der Waals surface area contributed by atoms with Gasteiger partial charge >= 0.3 is 5.97 Å². The molecule has 2 rings (SSSR count). The van der Waals surface area contributed by atoms with E-state index < -0.39 is 5.97 Å². The predicted molar refractivity (Wildman–Crippen MR) is 76.0 cm³/mol. The fourth-order valence-corrected chi connectivity index (χ4v) is 3.04. The summed E-state index contributed by atoms with van der Waals surface area (Å²) in [5.74, 6) is -0.942. The van der Waals surface area contributed by atoms with Gasteiger partial charge in [0, 0.05) is 12.0 Å². The molecule has 110 valence electrons. The van der Waals surface area contributed by atoms with Gasteiger partial charge in [-0.25, -0.2) is 4.39 Å². The molecule has 3 nitrogen and oxygen atoms in total. The molecule has 20 heavy (non-hydrogen) atoms. The monoisotopic (exact) mass is 279 g/mol. The van der Waals surface area contributed by atoms with E-state index in [0.29, 0.717) is 6.42 Å². The average molecular weight is 279 g/mol.